The Morgan fingerprint density at radius 1 is 1.11 bits per heavy atom. The highest BCUT2D eigenvalue weighted by atomic mass is 35.5. The molecule has 0 atom stereocenters. The molecule has 0 heterocycles. The zero-order valence-corrected chi connectivity index (χ0v) is 10.8. The summed E-state index contributed by atoms with van der Waals surface area (Å²) in [5.41, 5.74) is 0.535. The van der Waals surface area contributed by atoms with E-state index in [0.29, 0.717) is 5.56 Å². The molecule has 2 aromatic carbocycles. The molecule has 0 aliphatic heterocycles. The Morgan fingerprint density at radius 3 is 2.53 bits per heavy atom. The van der Waals surface area contributed by atoms with E-state index in [9.17, 15) is 13.6 Å². The third-order valence-electron chi connectivity index (χ3n) is 2.60. The molecule has 0 spiro atoms. The van der Waals surface area contributed by atoms with Gasteiger partial charge in [-0.05, 0) is 42.8 Å². The molecule has 2 aromatic rings. The van der Waals surface area contributed by atoms with Gasteiger partial charge in [-0.2, -0.15) is 0 Å². The molecular weight excluding hydrogens is 272 g/mol. The molecule has 2 rings (SSSR count). The quantitative estimate of drug-likeness (QED) is 0.879. The molecule has 0 fully saturated rings. The van der Waals surface area contributed by atoms with Gasteiger partial charge in [0, 0.05) is 10.7 Å². The third kappa shape index (κ3) is 3.09. The van der Waals surface area contributed by atoms with Crippen molar-refractivity contribution in [2.75, 3.05) is 5.32 Å². The van der Waals surface area contributed by atoms with Gasteiger partial charge >= 0.3 is 0 Å². The molecular formula is C14H10ClF2NO. The normalized spacial score (nSPS) is 10.3. The molecule has 0 saturated carbocycles. The number of aryl methyl sites for hydroxylation is 1. The van der Waals surface area contributed by atoms with Crippen LogP contribution in [-0.4, -0.2) is 5.91 Å². The van der Waals surface area contributed by atoms with Crippen LogP contribution in [0.4, 0.5) is 14.5 Å². The first-order valence-electron chi connectivity index (χ1n) is 5.50. The van der Waals surface area contributed by atoms with E-state index in [1.54, 1.807) is 13.0 Å². The van der Waals surface area contributed by atoms with Crippen LogP contribution in [0, 0.1) is 18.6 Å². The van der Waals surface area contributed by atoms with Crippen molar-refractivity contribution in [3.05, 3.63) is 64.2 Å². The first-order valence-corrected chi connectivity index (χ1v) is 5.88. The molecule has 0 aromatic heterocycles. The van der Waals surface area contributed by atoms with Gasteiger partial charge in [-0.25, -0.2) is 8.78 Å². The number of amides is 1. The van der Waals surface area contributed by atoms with Crippen LogP contribution in [0.25, 0.3) is 0 Å². The summed E-state index contributed by atoms with van der Waals surface area (Å²) in [4.78, 5) is 11.9. The lowest BCUT2D eigenvalue weighted by molar-refractivity contribution is 0.102. The summed E-state index contributed by atoms with van der Waals surface area (Å²) in [6.45, 7) is 1.61. The second-order valence-corrected chi connectivity index (χ2v) is 4.48. The minimum absolute atomic E-state index is 0.187. The SMILES string of the molecule is Cc1ccc(NC(=O)c2cc(Cl)ccc2F)cc1F. The minimum Gasteiger partial charge on any atom is -0.322 e. The van der Waals surface area contributed by atoms with Crippen LogP contribution in [0.2, 0.25) is 5.02 Å². The number of rotatable bonds is 2. The smallest absolute Gasteiger partial charge is 0.258 e. The Balaban J connectivity index is 2.25. The van der Waals surface area contributed by atoms with Crippen LogP contribution in [0.3, 0.4) is 0 Å². The number of carbonyl (C=O) groups excluding carboxylic acids is 1. The summed E-state index contributed by atoms with van der Waals surface area (Å²) in [7, 11) is 0. The number of anilines is 1. The third-order valence-corrected chi connectivity index (χ3v) is 2.84. The maximum atomic E-state index is 13.5. The van der Waals surface area contributed by atoms with Gasteiger partial charge in [-0.3, -0.25) is 4.79 Å². The maximum absolute atomic E-state index is 13.5. The van der Waals surface area contributed by atoms with Gasteiger partial charge in [0.15, 0.2) is 0 Å². The van der Waals surface area contributed by atoms with Crippen molar-refractivity contribution in [2.24, 2.45) is 0 Å². The average molecular weight is 282 g/mol. The summed E-state index contributed by atoms with van der Waals surface area (Å²) >= 11 is 5.70. The van der Waals surface area contributed by atoms with Crippen molar-refractivity contribution in [1.82, 2.24) is 0 Å². The first kappa shape index (κ1) is 13.5. The highest BCUT2D eigenvalue weighted by Gasteiger charge is 2.13. The minimum atomic E-state index is -0.686. The number of hydrogen-bond donors (Lipinski definition) is 1. The van der Waals surface area contributed by atoms with E-state index >= 15 is 0 Å². The number of nitrogens with one attached hydrogen (secondary N) is 1. The predicted molar refractivity (Wildman–Crippen MR) is 70.5 cm³/mol. The summed E-state index contributed by atoms with van der Waals surface area (Å²) < 4.78 is 26.8. The van der Waals surface area contributed by atoms with E-state index < -0.39 is 17.5 Å². The van der Waals surface area contributed by atoms with E-state index in [-0.39, 0.29) is 16.3 Å². The number of carbonyl (C=O) groups is 1. The van der Waals surface area contributed by atoms with Gasteiger partial charge in [-0.15, -0.1) is 0 Å². The van der Waals surface area contributed by atoms with E-state index in [1.807, 2.05) is 0 Å². The van der Waals surface area contributed by atoms with Crippen LogP contribution in [-0.2, 0) is 0 Å². The fraction of sp³-hybridized carbons (Fsp3) is 0.0714. The number of benzene rings is 2. The molecule has 98 valence electrons. The molecule has 0 unspecified atom stereocenters. The Labute approximate surface area is 114 Å². The maximum Gasteiger partial charge on any atom is 0.258 e. The van der Waals surface area contributed by atoms with Crippen molar-refractivity contribution in [3.63, 3.8) is 0 Å². The summed E-state index contributed by atoms with van der Waals surface area (Å²) in [6.07, 6.45) is 0. The molecule has 0 radical (unpaired) electrons. The van der Waals surface area contributed by atoms with Crippen LogP contribution in [0.15, 0.2) is 36.4 Å². The Bertz CT molecular complexity index is 643. The molecule has 0 saturated heterocycles. The van der Waals surface area contributed by atoms with E-state index in [0.717, 1.165) is 6.07 Å². The van der Waals surface area contributed by atoms with Crippen LogP contribution in [0.5, 0.6) is 0 Å². The van der Waals surface area contributed by atoms with Gasteiger partial charge < -0.3 is 5.32 Å². The van der Waals surface area contributed by atoms with Crippen molar-refractivity contribution in [3.8, 4) is 0 Å². The first-order chi connectivity index (χ1) is 8.97. The van der Waals surface area contributed by atoms with E-state index in [2.05, 4.69) is 5.32 Å². The Morgan fingerprint density at radius 2 is 1.84 bits per heavy atom. The van der Waals surface area contributed by atoms with Gasteiger partial charge in [0.05, 0.1) is 5.56 Å². The number of hydrogen-bond acceptors (Lipinski definition) is 1. The lowest BCUT2D eigenvalue weighted by atomic mass is 10.1. The Hall–Kier alpha value is -1.94. The zero-order chi connectivity index (χ0) is 14.0. The summed E-state index contributed by atoms with van der Waals surface area (Å²) in [6, 6.07) is 7.91. The van der Waals surface area contributed by atoms with Gasteiger partial charge in [-0.1, -0.05) is 17.7 Å². The van der Waals surface area contributed by atoms with Crippen LogP contribution < -0.4 is 5.32 Å². The fourth-order valence-corrected chi connectivity index (χ4v) is 1.71. The molecule has 0 aliphatic rings. The molecule has 0 bridgehead atoms. The lowest BCUT2D eigenvalue weighted by Gasteiger charge is -2.07. The van der Waals surface area contributed by atoms with Crippen LogP contribution in [0.1, 0.15) is 15.9 Å². The molecule has 19 heavy (non-hydrogen) atoms. The second-order valence-electron chi connectivity index (χ2n) is 4.04. The van der Waals surface area contributed by atoms with Crippen molar-refractivity contribution >= 4 is 23.2 Å². The highest BCUT2D eigenvalue weighted by Crippen LogP contribution is 2.18. The lowest BCUT2D eigenvalue weighted by Crippen LogP contribution is -2.14. The van der Waals surface area contributed by atoms with Crippen LogP contribution >= 0.6 is 11.6 Å². The number of halogens is 3. The second kappa shape index (κ2) is 5.36. The molecule has 0 aliphatic carbocycles. The summed E-state index contributed by atoms with van der Waals surface area (Å²) in [5.74, 6) is -1.80. The topological polar surface area (TPSA) is 29.1 Å². The average Bonchev–Trinajstić information content (AvgIpc) is 2.36. The predicted octanol–water partition coefficient (Wildman–Crippen LogP) is 4.18. The largest absolute Gasteiger partial charge is 0.322 e. The van der Waals surface area contributed by atoms with Crippen molar-refractivity contribution < 1.29 is 13.6 Å². The van der Waals surface area contributed by atoms with Crippen molar-refractivity contribution in [2.45, 2.75) is 6.92 Å². The molecule has 5 heteroatoms. The van der Waals surface area contributed by atoms with Gasteiger partial charge in [0.1, 0.15) is 11.6 Å². The molecule has 1 N–H and O–H groups in total. The molecule has 2 nitrogen and oxygen atoms in total. The van der Waals surface area contributed by atoms with Crippen molar-refractivity contribution in [1.29, 1.82) is 0 Å². The Kier molecular flexibility index (Phi) is 3.81. The fourth-order valence-electron chi connectivity index (χ4n) is 1.54. The zero-order valence-electron chi connectivity index (χ0n) is 10.0. The van der Waals surface area contributed by atoms with E-state index in [4.69, 9.17) is 11.6 Å². The summed E-state index contributed by atoms with van der Waals surface area (Å²) in [5, 5.41) is 2.67. The van der Waals surface area contributed by atoms with Gasteiger partial charge in [0.25, 0.3) is 5.91 Å². The van der Waals surface area contributed by atoms with E-state index in [1.165, 1.54) is 24.3 Å². The highest BCUT2D eigenvalue weighted by molar-refractivity contribution is 6.31. The van der Waals surface area contributed by atoms with Gasteiger partial charge in [0.2, 0.25) is 0 Å². The standard InChI is InChI=1S/C14H10ClF2NO/c1-8-2-4-10(7-13(8)17)18-14(19)11-6-9(15)3-5-12(11)16/h2-7H,1H3,(H,18,19). The molecule has 1 amide bonds. The monoisotopic (exact) mass is 281 g/mol.